The zero-order valence-corrected chi connectivity index (χ0v) is 60.5. The smallest absolute Gasteiger partial charge is 1.00 e. The van der Waals surface area contributed by atoms with Gasteiger partial charge >= 0.3 is 103 Å². The number of aryl methyl sites for hydroxylation is 6. The Labute approximate surface area is 624 Å². The van der Waals surface area contributed by atoms with E-state index < -0.39 is 0 Å². The summed E-state index contributed by atoms with van der Waals surface area (Å²) in [6.45, 7) is 13.4. The van der Waals surface area contributed by atoms with Crippen molar-refractivity contribution in [3.63, 3.8) is 0 Å². The third-order valence-electron chi connectivity index (χ3n) is 14.1. The molecule has 0 saturated carbocycles. The topological polar surface area (TPSA) is 100 Å². The molecule has 0 radical (unpaired) electrons. The number of halogens is 5. The van der Waals surface area contributed by atoms with Gasteiger partial charge in [0.15, 0.2) is 0 Å². The van der Waals surface area contributed by atoms with Crippen molar-refractivity contribution in [2.24, 2.45) is 0 Å². The second-order valence-electron chi connectivity index (χ2n) is 20.3. The number of nitrogens with zero attached hydrogens (tertiary/aromatic N) is 5. The van der Waals surface area contributed by atoms with Crippen LogP contribution in [0.3, 0.4) is 0 Å². The molecule has 0 aliphatic carbocycles. The van der Waals surface area contributed by atoms with Crippen LogP contribution in [0, 0.1) is 41.5 Å². The predicted molar refractivity (Wildman–Crippen MR) is 357 cm³/mol. The molecular formula is C71H61BrCl4K2N6O3. The summed E-state index contributed by atoms with van der Waals surface area (Å²) >= 11 is 29.0. The first kappa shape index (κ1) is 69.6. The molecule has 1 N–H and O–H groups in total. The number of carbonyl (C=O) groups is 1. The summed E-state index contributed by atoms with van der Waals surface area (Å²) in [6, 6.07) is 74.3. The van der Waals surface area contributed by atoms with E-state index in [1.807, 2.05) is 78.9 Å². The molecule has 0 atom stereocenters. The first-order chi connectivity index (χ1) is 41.2. The minimum atomic E-state index is -0.181. The van der Waals surface area contributed by atoms with Gasteiger partial charge in [0, 0.05) is 34.4 Å². The Kier molecular flexibility index (Phi) is 26.6. The minimum absolute atomic E-state index is 0. The fourth-order valence-electron chi connectivity index (χ4n) is 10.5. The molecule has 0 fully saturated rings. The maximum Gasteiger partial charge on any atom is 1.00 e. The molecule has 0 saturated heterocycles. The van der Waals surface area contributed by atoms with Crippen LogP contribution in [0.4, 0.5) is 22.7 Å². The van der Waals surface area contributed by atoms with Gasteiger partial charge in [-0.2, -0.15) is 0 Å². The largest absolute Gasteiger partial charge is 1.00 e. The fraction of sp³-hybridized carbons (Fsp3) is 0.113. The van der Waals surface area contributed by atoms with Crippen LogP contribution in [-0.4, -0.2) is 25.6 Å². The van der Waals surface area contributed by atoms with Crippen molar-refractivity contribution in [1.82, 2.24) is 19.1 Å². The van der Waals surface area contributed by atoms with Crippen LogP contribution in [0.2, 0.25) is 20.1 Å². The number of fused-ring (bicyclic) bond motifs is 2. The summed E-state index contributed by atoms with van der Waals surface area (Å²) in [5, 5.41) is 14.8. The molecule has 10 aromatic carbocycles. The minimum Gasteiger partial charge on any atom is -1.00 e. The normalized spacial score (nSPS) is 10.5. The Balaban J connectivity index is 0.000000232. The Morgan fingerprint density at radius 1 is 0.529 bits per heavy atom. The van der Waals surface area contributed by atoms with E-state index >= 15 is 0 Å². The van der Waals surface area contributed by atoms with Gasteiger partial charge in [0.2, 0.25) is 0 Å². The number of aromatic nitrogens is 4. The van der Waals surface area contributed by atoms with E-state index in [0.717, 1.165) is 72.9 Å². The van der Waals surface area contributed by atoms with E-state index in [1.165, 1.54) is 55.9 Å². The van der Waals surface area contributed by atoms with Crippen molar-refractivity contribution in [2.45, 2.75) is 53.4 Å². The molecule has 12 aromatic rings. The second kappa shape index (κ2) is 33.2. The molecule has 0 amide bonds. The van der Waals surface area contributed by atoms with Crippen molar-refractivity contribution in [1.29, 1.82) is 0 Å². The molecule has 9 nitrogen and oxygen atoms in total. The molecule has 430 valence electrons. The average molecular weight is 1350 g/mol. The Bertz CT molecular complexity index is 4230. The van der Waals surface area contributed by atoms with Gasteiger partial charge in [-0.3, -0.25) is 13.9 Å². The van der Waals surface area contributed by atoms with E-state index in [9.17, 15) is 0 Å². The molecule has 0 unspecified atom stereocenters. The summed E-state index contributed by atoms with van der Waals surface area (Å²) in [7, 11) is 0. The number of benzene rings is 10. The first-order valence-electron chi connectivity index (χ1n) is 27.3. The number of rotatable bonds is 12. The standard InChI is InChI=1S/C35H29Cl2N3.C28H23Cl2N3.C7H7Br.CH2O3.2K.H/c1-23-20-24(2)34(25(3)21-23)40-31-14-8-7-13-30(31)38-35(40)27-16-18-28(19-17-27)39(22-26-10-5-4-6-11-26)32-15-9-12-29(36)33(32)37;1-17-15-18(2)27(19(3)16-17)33-25-10-5-4-8-23(25)32-28(33)20-11-13-21(14-12-20)31-24-9-6-7-22(29)26(24)30;8-6-7-4-2-1-3-5-7;2-1-4-3;;;/h4-21H,22H2,1-3H3;4-16,31H,1-3H3;1-5H,6H2;1,3H;;;/q;;;;2*+1;-1/p-1. The average Bonchev–Trinajstić information content (AvgIpc) is 1.67. The molecular weight excluding hydrogens is 1280 g/mol. The van der Waals surface area contributed by atoms with Crippen LogP contribution in [0.15, 0.2) is 218 Å². The van der Waals surface area contributed by atoms with Crippen LogP contribution >= 0.6 is 62.3 Å². The van der Waals surface area contributed by atoms with Crippen LogP contribution in [0.25, 0.3) is 56.2 Å². The second-order valence-corrected chi connectivity index (χ2v) is 22.5. The molecule has 16 heteroatoms. The quantitative estimate of drug-likeness (QED) is 0.0428. The molecule has 87 heavy (non-hydrogen) atoms. The van der Waals surface area contributed by atoms with Gasteiger partial charge in [0.25, 0.3) is 6.47 Å². The SMILES string of the molecule is BrCc1ccccc1.Cc1cc(C)c(-n2c(-c3ccc(N(Cc4ccccc4)c4cccc(Cl)c4Cl)cc3)nc3ccccc32)c(C)c1.Cc1cc(C)c(-n2c(-c3ccc(Nc4cccc(Cl)c4Cl)cc3)nc3ccccc32)c(C)c1.O=CO[O-].[H-].[K+].[K+]. The van der Waals surface area contributed by atoms with Crippen LogP contribution in [0.5, 0.6) is 0 Å². The van der Waals surface area contributed by atoms with Gasteiger partial charge < -0.3 is 21.8 Å². The number of hydrogen-bond acceptors (Lipinski definition) is 7. The van der Waals surface area contributed by atoms with Crippen molar-refractivity contribution in [2.75, 3.05) is 10.2 Å². The van der Waals surface area contributed by atoms with Crippen LogP contribution in [0.1, 0.15) is 45.9 Å². The first-order valence-corrected chi connectivity index (χ1v) is 29.9. The van der Waals surface area contributed by atoms with E-state index in [-0.39, 0.29) is 111 Å². The summed E-state index contributed by atoms with van der Waals surface area (Å²) in [6.07, 6.45) is 0. The molecule has 0 spiro atoms. The molecule has 2 aromatic heterocycles. The summed E-state index contributed by atoms with van der Waals surface area (Å²) in [5.41, 5.74) is 22.1. The van der Waals surface area contributed by atoms with E-state index in [2.05, 4.69) is 215 Å². The molecule has 0 aliphatic heterocycles. The van der Waals surface area contributed by atoms with Gasteiger partial charge in [0.1, 0.15) is 11.6 Å². The summed E-state index contributed by atoms with van der Waals surface area (Å²) < 4.78 is 4.57. The zero-order valence-electron chi connectivity index (χ0n) is 50.6. The fourth-order valence-corrected chi connectivity index (χ4v) is 11.7. The maximum atomic E-state index is 8.64. The maximum absolute atomic E-state index is 8.64. The van der Waals surface area contributed by atoms with Crippen molar-refractivity contribution in [3.05, 3.63) is 283 Å². The number of hydrogen-bond donors (Lipinski definition) is 1. The van der Waals surface area contributed by atoms with Crippen LogP contribution in [-0.2, 0) is 21.6 Å². The number of para-hydroxylation sites is 4. The van der Waals surface area contributed by atoms with Crippen molar-refractivity contribution in [3.8, 4) is 34.2 Å². The summed E-state index contributed by atoms with van der Waals surface area (Å²) in [5.74, 6) is 1.83. The molecule has 0 aliphatic rings. The molecule has 0 bridgehead atoms. The Hall–Kier alpha value is -4.92. The predicted octanol–water partition coefficient (Wildman–Crippen LogP) is 14.1. The van der Waals surface area contributed by atoms with Crippen LogP contribution < -0.4 is 118 Å². The molecule has 2 heterocycles. The summed E-state index contributed by atoms with van der Waals surface area (Å²) in [4.78, 5) is 23.6. The Morgan fingerprint density at radius 2 is 0.943 bits per heavy atom. The number of alkyl halides is 1. The number of imidazole rings is 2. The van der Waals surface area contributed by atoms with Gasteiger partial charge in [-0.25, -0.2) is 9.97 Å². The molecule has 12 rings (SSSR count). The van der Waals surface area contributed by atoms with Crippen molar-refractivity contribution < 1.29 is 119 Å². The Morgan fingerprint density at radius 3 is 1.39 bits per heavy atom. The van der Waals surface area contributed by atoms with Gasteiger partial charge in [-0.05, 0) is 172 Å². The van der Waals surface area contributed by atoms with E-state index in [4.69, 9.17) is 66.4 Å². The van der Waals surface area contributed by atoms with E-state index in [1.54, 1.807) is 6.07 Å². The van der Waals surface area contributed by atoms with E-state index in [0.29, 0.717) is 26.6 Å². The van der Waals surface area contributed by atoms with Gasteiger partial charge in [-0.1, -0.05) is 195 Å². The van der Waals surface area contributed by atoms with Crippen molar-refractivity contribution >= 4 is 114 Å². The zero-order chi connectivity index (χ0) is 60.1. The van der Waals surface area contributed by atoms with Gasteiger partial charge in [0.05, 0.1) is 64.9 Å². The number of carbonyl (C=O) groups excluding carboxylic acids is 1. The van der Waals surface area contributed by atoms with Gasteiger partial charge in [-0.15, -0.1) is 0 Å². The number of anilines is 4. The third-order valence-corrected chi connectivity index (χ3v) is 16.4. The monoisotopic (exact) mass is 1340 g/mol. The third kappa shape index (κ3) is 17.1. The number of nitrogens with one attached hydrogen (secondary N) is 1.